The first-order valence-corrected chi connectivity index (χ1v) is 7.44. The van der Waals surface area contributed by atoms with Gasteiger partial charge < -0.3 is 14.6 Å². The lowest BCUT2D eigenvalue weighted by Crippen LogP contribution is -2.35. The number of likely N-dealkylation sites (tertiary alicyclic amines) is 1. The Morgan fingerprint density at radius 1 is 1.29 bits per heavy atom. The Morgan fingerprint density at radius 3 is 2.43 bits per heavy atom. The normalized spacial score (nSPS) is 22.2. The lowest BCUT2D eigenvalue weighted by atomic mass is 10.0. The van der Waals surface area contributed by atoms with Gasteiger partial charge in [0.05, 0.1) is 12.5 Å². The summed E-state index contributed by atoms with van der Waals surface area (Å²) in [6, 6.07) is 7.62. The SMILES string of the molecule is CCOc1ccc(OCCN2CCC(C(=O)O)C2C)cc1. The molecule has 1 N–H and O–H groups in total. The van der Waals surface area contributed by atoms with Gasteiger partial charge in [-0.2, -0.15) is 0 Å². The zero-order valence-electron chi connectivity index (χ0n) is 12.6. The largest absolute Gasteiger partial charge is 0.494 e. The highest BCUT2D eigenvalue weighted by Crippen LogP contribution is 2.24. The predicted octanol–water partition coefficient (Wildman–Crippen LogP) is 2.26. The molecule has 0 aromatic heterocycles. The quantitative estimate of drug-likeness (QED) is 0.835. The minimum Gasteiger partial charge on any atom is -0.494 e. The van der Waals surface area contributed by atoms with E-state index in [2.05, 4.69) is 4.90 Å². The maximum Gasteiger partial charge on any atom is 0.308 e. The average molecular weight is 293 g/mol. The molecule has 1 saturated heterocycles. The third kappa shape index (κ3) is 4.11. The average Bonchev–Trinajstić information content (AvgIpc) is 2.83. The molecule has 5 nitrogen and oxygen atoms in total. The summed E-state index contributed by atoms with van der Waals surface area (Å²) in [6.07, 6.45) is 0.722. The summed E-state index contributed by atoms with van der Waals surface area (Å²) in [4.78, 5) is 13.2. The molecule has 1 aliphatic rings. The fourth-order valence-corrected chi connectivity index (χ4v) is 2.73. The van der Waals surface area contributed by atoms with Crippen LogP contribution < -0.4 is 9.47 Å². The van der Waals surface area contributed by atoms with Crippen molar-refractivity contribution < 1.29 is 19.4 Å². The van der Waals surface area contributed by atoms with Crippen molar-refractivity contribution in [2.45, 2.75) is 26.3 Å². The lowest BCUT2D eigenvalue weighted by molar-refractivity contribution is -0.142. The third-order valence-electron chi connectivity index (χ3n) is 3.98. The van der Waals surface area contributed by atoms with Crippen LogP contribution in [0.2, 0.25) is 0 Å². The number of carboxylic acid groups (broad SMARTS) is 1. The summed E-state index contributed by atoms with van der Waals surface area (Å²) >= 11 is 0. The van der Waals surface area contributed by atoms with E-state index in [9.17, 15) is 4.79 Å². The molecule has 0 amide bonds. The molecule has 0 bridgehead atoms. The van der Waals surface area contributed by atoms with Gasteiger partial charge in [-0.15, -0.1) is 0 Å². The molecule has 0 saturated carbocycles. The Kier molecular flexibility index (Phi) is 5.44. The van der Waals surface area contributed by atoms with Crippen molar-refractivity contribution in [3.05, 3.63) is 24.3 Å². The summed E-state index contributed by atoms with van der Waals surface area (Å²) in [7, 11) is 0. The number of hydrogen-bond donors (Lipinski definition) is 1. The number of carboxylic acids is 1. The van der Waals surface area contributed by atoms with Crippen molar-refractivity contribution in [3.63, 3.8) is 0 Å². The predicted molar refractivity (Wildman–Crippen MR) is 79.9 cm³/mol. The molecule has 1 aromatic carbocycles. The summed E-state index contributed by atoms with van der Waals surface area (Å²) in [5.74, 6) is 0.690. The fraction of sp³-hybridized carbons (Fsp3) is 0.562. The van der Waals surface area contributed by atoms with Crippen LogP contribution in [-0.2, 0) is 4.79 Å². The second kappa shape index (κ2) is 7.31. The summed E-state index contributed by atoms with van der Waals surface area (Å²) in [6.45, 7) is 6.71. The van der Waals surface area contributed by atoms with E-state index in [1.165, 1.54) is 0 Å². The van der Waals surface area contributed by atoms with Gasteiger partial charge >= 0.3 is 5.97 Å². The summed E-state index contributed by atoms with van der Waals surface area (Å²) in [5, 5.41) is 9.10. The first-order valence-electron chi connectivity index (χ1n) is 7.44. The van der Waals surface area contributed by atoms with Crippen molar-refractivity contribution in [1.29, 1.82) is 0 Å². The van der Waals surface area contributed by atoms with Crippen LogP contribution in [-0.4, -0.2) is 48.3 Å². The van der Waals surface area contributed by atoms with Crippen LogP contribution >= 0.6 is 0 Å². The van der Waals surface area contributed by atoms with Crippen LogP contribution in [0.5, 0.6) is 11.5 Å². The highest BCUT2D eigenvalue weighted by Gasteiger charge is 2.35. The van der Waals surface area contributed by atoms with E-state index >= 15 is 0 Å². The van der Waals surface area contributed by atoms with Gasteiger partial charge in [-0.25, -0.2) is 0 Å². The van der Waals surface area contributed by atoms with Gasteiger partial charge in [0.2, 0.25) is 0 Å². The monoisotopic (exact) mass is 293 g/mol. The van der Waals surface area contributed by atoms with Gasteiger partial charge in [0, 0.05) is 12.6 Å². The molecule has 2 rings (SSSR count). The lowest BCUT2D eigenvalue weighted by Gasteiger charge is -2.22. The van der Waals surface area contributed by atoms with E-state index in [0.29, 0.717) is 13.2 Å². The van der Waals surface area contributed by atoms with E-state index < -0.39 is 5.97 Å². The van der Waals surface area contributed by atoms with Gasteiger partial charge in [0.1, 0.15) is 18.1 Å². The molecule has 5 heteroatoms. The first-order chi connectivity index (χ1) is 10.1. The van der Waals surface area contributed by atoms with Crippen LogP contribution in [0.4, 0.5) is 0 Å². The maximum absolute atomic E-state index is 11.1. The zero-order valence-corrected chi connectivity index (χ0v) is 12.6. The number of hydrogen-bond acceptors (Lipinski definition) is 4. The van der Waals surface area contributed by atoms with E-state index in [1.54, 1.807) is 0 Å². The third-order valence-corrected chi connectivity index (χ3v) is 3.98. The van der Waals surface area contributed by atoms with Crippen molar-refractivity contribution in [1.82, 2.24) is 4.90 Å². The molecule has 0 spiro atoms. The number of nitrogens with zero attached hydrogens (tertiary/aromatic N) is 1. The summed E-state index contributed by atoms with van der Waals surface area (Å²) in [5.41, 5.74) is 0. The summed E-state index contributed by atoms with van der Waals surface area (Å²) < 4.78 is 11.1. The topological polar surface area (TPSA) is 59.0 Å². The molecule has 1 fully saturated rings. The van der Waals surface area contributed by atoms with Crippen molar-refractivity contribution in [3.8, 4) is 11.5 Å². The number of benzene rings is 1. The van der Waals surface area contributed by atoms with Gasteiger partial charge in [0.15, 0.2) is 0 Å². The minimum atomic E-state index is -0.697. The van der Waals surface area contributed by atoms with Gasteiger partial charge in [-0.1, -0.05) is 0 Å². The Hall–Kier alpha value is -1.75. The number of rotatable bonds is 7. The van der Waals surface area contributed by atoms with E-state index in [1.807, 2.05) is 38.1 Å². The molecule has 2 atom stereocenters. The molecule has 1 aromatic rings. The van der Waals surface area contributed by atoms with E-state index in [-0.39, 0.29) is 12.0 Å². The van der Waals surface area contributed by atoms with Crippen LogP contribution in [0.1, 0.15) is 20.3 Å². The Balaban J connectivity index is 1.75. The van der Waals surface area contributed by atoms with Crippen LogP contribution in [0.15, 0.2) is 24.3 Å². The van der Waals surface area contributed by atoms with Crippen LogP contribution in [0, 0.1) is 5.92 Å². The number of ether oxygens (including phenoxy) is 2. The first kappa shape index (κ1) is 15.6. The molecule has 0 aliphatic carbocycles. The highest BCUT2D eigenvalue weighted by atomic mass is 16.5. The second-order valence-electron chi connectivity index (χ2n) is 5.26. The zero-order chi connectivity index (χ0) is 15.2. The maximum atomic E-state index is 11.1. The van der Waals surface area contributed by atoms with Crippen LogP contribution in [0.25, 0.3) is 0 Å². The molecule has 1 aliphatic heterocycles. The fourth-order valence-electron chi connectivity index (χ4n) is 2.73. The van der Waals surface area contributed by atoms with E-state index in [4.69, 9.17) is 14.6 Å². The Morgan fingerprint density at radius 2 is 1.90 bits per heavy atom. The molecular formula is C16H23NO4. The van der Waals surface area contributed by atoms with Crippen molar-refractivity contribution in [2.75, 3.05) is 26.3 Å². The molecule has 1 heterocycles. The highest BCUT2D eigenvalue weighted by molar-refractivity contribution is 5.71. The standard InChI is InChI=1S/C16H23NO4/c1-3-20-13-4-6-14(7-5-13)21-11-10-17-9-8-15(12(17)2)16(18)19/h4-7,12,15H,3,8-11H2,1-2H3,(H,18,19). The molecular weight excluding hydrogens is 270 g/mol. The van der Waals surface area contributed by atoms with E-state index in [0.717, 1.165) is 31.0 Å². The van der Waals surface area contributed by atoms with Gasteiger partial charge in [-0.3, -0.25) is 9.69 Å². The van der Waals surface area contributed by atoms with Gasteiger partial charge in [-0.05, 0) is 51.1 Å². The molecule has 0 radical (unpaired) electrons. The number of aliphatic carboxylic acids is 1. The smallest absolute Gasteiger partial charge is 0.308 e. The van der Waals surface area contributed by atoms with Crippen molar-refractivity contribution >= 4 is 5.97 Å². The van der Waals surface area contributed by atoms with Crippen molar-refractivity contribution in [2.24, 2.45) is 5.92 Å². The Bertz CT molecular complexity index is 460. The second-order valence-corrected chi connectivity index (χ2v) is 5.26. The number of carbonyl (C=O) groups is 1. The van der Waals surface area contributed by atoms with Gasteiger partial charge in [0.25, 0.3) is 0 Å². The molecule has 21 heavy (non-hydrogen) atoms. The molecule has 116 valence electrons. The minimum absolute atomic E-state index is 0.0754. The molecule has 2 unspecified atom stereocenters. The van der Waals surface area contributed by atoms with Crippen LogP contribution in [0.3, 0.4) is 0 Å². The Labute approximate surface area is 125 Å².